The number of hydrogen-bond acceptors (Lipinski definition) is 3. The standard InChI is InChI=1S/C23H26N2O2/c1-6-17-18(13-10-14-20(17)27-5)22(26)25-21(23(2,3)4)19(15-24)16-11-8-7-9-12-16/h7-14H,6H2,1-5H3,(H,25,26). The summed E-state index contributed by atoms with van der Waals surface area (Å²) in [7, 11) is 1.60. The maximum absolute atomic E-state index is 13.1. The van der Waals surface area contributed by atoms with Crippen molar-refractivity contribution in [3.8, 4) is 11.8 Å². The van der Waals surface area contributed by atoms with Crippen molar-refractivity contribution in [2.45, 2.75) is 34.1 Å². The molecular weight excluding hydrogens is 336 g/mol. The predicted octanol–water partition coefficient (Wildman–Crippen LogP) is 4.97. The van der Waals surface area contributed by atoms with Crippen molar-refractivity contribution in [2.24, 2.45) is 5.41 Å². The minimum atomic E-state index is -0.415. The van der Waals surface area contributed by atoms with Gasteiger partial charge in [-0.2, -0.15) is 5.26 Å². The van der Waals surface area contributed by atoms with Crippen LogP contribution in [0.1, 0.15) is 49.2 Å². The summed E-state index contributed by atoms with van der Waals surface area (Å²) in [5, 5.41) is 12.8. The lowest BCUT2D eigenvalue weighted by atomic mass is 9.86. The fourth-order valence-corrected chi connectivity index (χ4v) is 3.01. The number of rotatable bonds is 5. The summed E-state index contributed by atoms with van der Waals surface area (Å²) in [5.74, 6) is 0.453. The van der Waals surface area contributed by atoms with Gasteiger partial charge in [0.25, 0.3) is 5.91 Å². The minimum Gasteiger partial charge on any atom is -0.496 e. The van der Waals surface area contributed by atoms with E-state index in [4.69, 9.17) is 4.74 Å². The molecular formula is C23H26N2O2. The minimum absolute atomic E-state index is 0.237. The Labute approximate surface area is 161 Å². The first-order valence-corrected chi connectivity index (χ1v) is 9.01. The zero-order chi connectivity index (χ0) is 20.0. The number of carbonyl (C=O) groups is 1. The molecule has 0 aliphatic carbocycles. The highest BCUT2D eigenvalue weighted by Gasteiger charge is 2.26. The Bertz CT molecular complexity index is 885. The Morgan fingerprint density at radius 1 is 1.11 bits per heavy atom. The van der Waals surface area contributed by atoms with Crippen molar-refractivity contribution in [1.82, 2.24) is 5.32 Å². The first kappa shape index (κ1) is 20.3. The Morgan fingerprint density at radius 2 is 1.78 bits per heavy atom. The maximum atomic E-state index is 13.1. The van der Waals surface area contributed by atoms with Crippen molar-refractivity contribution in [1.29, 1.82) is 5.26 Å². The van der Waals surface area contributed by atoms with Crippen LogP contribution in [0.4, 0.5) is 0 Å². The third-order valence-electron chi connectivity index (χ3n) is 4.36. The number of nitrogens with zero attached hydrogens (tertiary/aromatic N) is 1. The van der Waals surface area contributed by atoms with E-state index in [-0.39, 0.29) is 5.91 Å². The number of methoxy groups -OCH3 is 1. The molecule has 0 fully saturated rings. The van der Waals surface area contributed by atoms with Gasteiger partial charge in [-0.15, -0.1) is 0 Å². The van der Waals surface area contributed by atoms with Gasteiger partial charge in [-0.3, -0.25) is 4.79 Å². The highest BCUT2D eigenvalue weighted by molar-refractivity contribution is 5.99. The molecule has 1 amide bonds. The van der Waals surface area contributed by atoms with E-state index in [1.807, 2.05) is 64.1 Å². The van der Waals surface area contributed by atoms with Crippen LogP contribution in [0.2, 0.25) is 0 Å². The molecule has 0 aliphatic heterocycles. The fourth-order valence-electron chi connectivity index (χ4n) is 3.01. The van der Waals surface area contributed by atoms with E-state index in [0.29, 0.717) is 29.0 Å². The molecule has 0 radical (unpaired) electrons. The summed E-state index contributed by atoms with van der Waals surface area (Å²) >= 11 is 0. The van der Waals surface area contributed by atoms with Crippen molar-refractivity contribution in [3.63, 3.8) is 0 Å². The molecule has 2 aromatic rings. The number of ether oxygens (including phenoxy) is 1. The van der Waals surface area contributed by atoms with Crippen LogP contribution >= 0.6 is 0 Å². The SMILES string of the molecule is CCc1c(OC)cccc1C(=O)NC(=C(C#N)c1ccccc1)C(C)(C)C. The monoisotopic (exact) mass is 362 g/mol. The summed E-state index contributed by atoms with van der Waals surface area (Å²) in [6.07, 6.45) is 0.672. The number of nitrogens with one attached hydrogen (secondary N) is 1. The van der Waals surface area contributed by atoms with Gasteiger partial charge in [0.2, 0.25) is 0 Å². The van der Waals surface area contributed by atoms with Crippen LogP contribution in [-0.4, -0.2) is 13.0 Å². The fraction of sp³-hybridized carbons (Fsp3) is 0.304. The second-order valence-corrected chi connectivity index (χ2v) is 7.27. The van der Waals surface area contributed by atoms with E-state index in [2.05, 4.69) is 11.4 Å². The van der Waals surface area contributed by atoms with Crippen LogP contribution < -0.4 is 10.1 Å². The molecule has 0 aromatic heterocycles. The third-order valence-corrected chi connectivity index (χ3v) is 4.36. The molecule has 4 nitrogen and oxygen atoms in total. The van der Waals surface area contributed by atoms with Crippen molar-refractivity contribution in [2.75, 3.05) is 7.11 Å². The zero-order valence-corrected chi connectivity index (χ0v) is 16.6. The van der Waals surface area contributed by atoms with E-state index < -0.39 is 5.41 Å². The Morgan fingerprint density at radius 3 is 2.30 bits per heavy atom. The van der Waals surface area contributed by atoms with Gasteiger partial charge in [-0.25, -0.2) is 0 Å². The molecule has 0 spiro atoms. The lowest BCUT2D eigenvalue weighted by Gasteiger charge is -2.26. The first-order valence-electron chi connectivity index (χ1n) is 9.01. The molecule has 4 heteroatoms. The van der Waals surface area contributed by atoms with Gasteiger partial charge >= 0.3 is 0 Å². The number of carbonyl (C=O) groups excluding carboxylic acids is 1. The third kappa shape index (κ3) is 4.57. The average Bonchev–Trinajstić information content (AvgIpc) is 2.66. The molecule has 0 saturated carbocycles. The number of allylic oxidation sites excluding steroid dienone is 2. The maximum Gasteiger partial charge on any atom is 0.255 e. The van der Waals surface area contributed by atoms with Crippen LogP contribution in [0, 0.1) is 16.7 Å². The van der Waals surface area contributed by atoms with Gasteiger partial charge in [0.1, 0.15) is 11.8 Å². The summed E-state index contributed by atoms with van der Waals surface area (Å²) in [5.41, 5.74) is 2.85. The Balaban J connectivity index is 2.55. The Hall–Kier alpha value is -3.06. The molecule has 0 bridgehead atoms. The average molecular weight is 362 g/mol. The molecule has 0 aliphatic rings. The van der Waals surface area contributed by atoms with E-state index in [9.17, 15) is 10.1 Å². The van der Waals surface area contributed by atoms with Gasteiger partial charge in [0.15, 0.2) is 0 Å². The zero-order valence-electron chi connectivity index (χ0n) is 16.6. The predicted molar refractivity (Wildman–Crippen MR) is 108 cm³/mol. The number of benzene rings is 2. The highest BCUT2D eigenvalue weighted by Crippen LogP contribution is 2.31. The summed E-state index contributed by atoms with van der Waals surface area (Å²) in [6, 6.07) is 17.1. The lowest BCUT2D eigenvalue weighted by Crippen LogP contribution is -2.32. The lowest BCUT2D eigenvalue weighted by molar-refractivity contribution is 0.0956. The number of hydrogen-bond donors (Lipinski definition) is 1. The second kappa shape index (κ2) is 8.55. The number of amides is 1. The summed E-state index contributed by atoms with van der Waals surface area (Å²) in [6.45, 7) is 7.93. The van der Waals surface area contributed by atoms with E-state index in [1.54, 1.807) is 19.2 Å². The van der Waals surface area contributed by atoms with Gasteiger partial charge in [-0.05, 0) is 24.1 Å². The molecule has 2 aromatic carbocycles. The van der Waals surface area contributed by atoms with E-state index in [1.165, 1.54) is 0 Å². The first-order chi connectivity index (χ1) is 12.8. The van der Waals surface area contributed by atoms with Crippen LogP contribution in [0.5, 0.6) is 5.75 Å². The quantitative estimate of drug-likeness (QED) is 0.764. The molecule has 0 saturated heterocycles. The van der Waals surface area contributed by atoms with Gasteiger partial charge in [0.05, 0.1) is 12.7 Å². The smallest absolute Gasteiger partial charge is 0.255 e. The molecule has 140 valence electrons. The Kier molecular flexibility index (Phi) is 6.41. The van der Waals surface area contributed by atoms with Crippen molar-refractivity contribution >= 4 is 11.5 Å². The van der Waals surface area contributed by atoms with E-state index in [0.717, 1.165) is 11.1 Å². The molecule has 1 N–H and O–H groups in total. The molecule has 0 heterocycles. The number of nitriles is 1. The van der Waals surface area contributed by atoms with Gasteiger partial charge in [0, 0.05) is 22.2 Å². The summed E-state index contributed by atoms with van der Waals surface area (Å²) < 4.78 is 5.39. The topological polar surface area (TPSA) is 62.1 Å². The largest absolute Gasteiger partial charge is 0.496 e. The van der Waals surface area contributed by atoms with E-state index >= 15 is 0 Å². The van der Waals surface area contributed by atoms with Gasteiger partial charge in [-0.1, -0.05) is 64.1 Å². The van der Waals surface area contributed by atoms with Crippen LogP contribution in [0.3, 0.4) is 0 Å². The molecule has 0 atom stereocenters. The van der Waals surface area contributed by atoms with Gasteiger partial charge < -0.3 is 10.1 Å². The molecule has 27 heavy (non-hydrogen) atoms. The van der Waals surface area contributed by atoms with Crippen LogP contribution in [0.25, 0.3) is 5.57 Å². The molecule has 0 unspecified atom stereocenters. The summed E-state index contributed by atoms with van der Waals surface area (Å²) in [4.78, 5) is 13.1. The normalized spacial score (nSPS) is 12.0. The van der Waals surface area contributed by atoms with Crippen molar-refractivity contribution < 1.29 is 9.53 Å². The molecule has 2 rings (SSSR count). The second-order valence-electron chi connectivity index (χ2n) is 7.27. The van der Waals surface area contributed by atoms with Crippen LogP contribution in [0.15, 0.2) is 54.2 Å². The highest BCUT2D eigenvalue weighted by atomic mass is 16.5. The van der Waals surface area contributed by atoms with Crippen LogP contribution in [-0.2, 0) is 6.42 Å². The van der Waals surface area contributed by atoms with Crippen molar-refractivity contribution in [3.05, 3.63) is 70.9 Å².